The zero-order valence-corrected chi connectivity index (χ0v) is 7.35. The zero-order valence-electron chi connectivity index (χ0n) is 7.35. The third-order valence-corrected chi connectivity index (χ3v) is 3.27. The quantitative estimate of drug-likeness (QED) is 0.592. The van der Waals surface area contributed by atoms with Gasteiger partial charge >= 0.3 is 0 Å². The number of hydrogen-bond donors (Lipinski definition) is 0. The highest BCUT2D eigenvalue weighted by Crippen LogP contribution is 2.48. The van der Waals surface area contributed by atoms with Gasteiger partial charge in [-0.15, -0.1) is 0 Å². The predicted octanol–water partition coefficient (Wildman–Crippen LogP) is 2.39. The summed E-state index contributed by atoms with van der Waals surface area (Å²) in [6.45, 7) is 0.829. The average molecular weight is 178 g/mol. The van der Waals surface area contributed by atoms with E-state index in [0.717, 1.165) is 37.0 Å². The lowest BCUT2D eigenvalue weighted by molar-refractivity contribution is -0.152. The van der Waals surface area contributed by atoms with Crippen LogP contribution in [0.15, 0.2) is 18.2 Å². The largest absolute Gasteiger partial charge is 0.370 e. The molecule has 1 heterocycles. The van der Waals surface area contributed by atoms with Crippen LogP contribution in [0, 0.1) is 5.82 Å². The van der Waals surface area contributed by atoms with Crippen LogP contribution in [0.4, 0.5) is 4.39 Å². The van der Waals surface area contributed by atoms with Crippen LogP contribution in [0.1, 0.15) is 24.0 Å². The molecule has 0 N–H and O–H groups in total. The molecule has 1 saturated heterocycles. The Morgan fingerprint density at radius 3 is 2.85 bits per heavy atom. The smallest absolute Gasteiger partial charge is 0.126 e. The van der Waals surface area contributed by atoms with Crippen molar-refractivity contribution in [3.63, 3.8) is 0 Å². The van der Waals surface area contributed by atoms with Crippen molar-refractivity contribution in [3.05, 3.63) is 35.1 Å². The van der Waals surface area contributed by atoms with E-state index < -0.39 is 0 Å². The third kappa shape index (κ3) is 0.841. The van der Waals surface area contributed by atoms with Crippen molar-refractivity contribution in [2.45, 2.75) is 24.9 Å². The van der Waals surface area contributed by atoms with Crippen molar-refractivity contribution in [2.75, 3.05) is 6.61 Å². The monoisotopic (exact) mass is 178 g/mol. The van der Waals surface area contributed by atoms with E-state index in [1.807, 2.05) is 6.07 Å². The summed E-state index contributed by atoms with van der Waals surface area (Å²) in [7, 11) is 0. The summed E-state index contributed by atoms with van der Waals surface area (Å²) in [5.74, 6) is -0.0649. The summed E-state index contributed by atoms with van der Waals surface area (Å²) in [5.41, 5.74) is 1.87. The van der Waals surface area contributed by atoms with Gasteiger partial charge in [0.15, 0.2) is 0 Å². The van der Waals surface area contributed by atoms with Crippen molar-refractivity contribution in [1.82, 2.24) is 0 Å². The summed E-state index contributed by atoms with van der Waals surface area (Å²) in [4.78, 5) is 0. The fourth-order valence-corrected chi connectivity index (χ4v) is 2.46. The van der Waals surface area contributed by atoms with Gasteiger partial charge in [-0.1, -0.05) is 12.1 Å². The molecule has 1 fully saturated rings. The van der Waals surface area contributed by atoms with E-state index in [1.165, 1.54) is 6.07 Å². The number of hydrogen-bond acceptors (Lipinski definition) is 1. The number of fused-ring (bicyclic) bond motifs is 2. The molecule has 1 spiro atoms. The summed E-state index contributed by atoms with van der Waals surface area (Å²) < 4.78 is 18.9. The van der Waals surface area contributed by atoms with Crippen LogP contribution in [-0.4, -0.2) is 6.61 Å². The molecule has 0 bridgehead atoms. The molecule has 1 aromatic rings. The first-order chi connectivity index (χ1) is 6.32. The molecular weight excluding hydrogens is 167 g/mol. The molecule has 2 heteroatoms. The summed E-state index contributed by atoms with van der Waals surface area (Å²) >= 11 is 0. The maximum atomic E-state index is 13.3. The second-order valence-electron chi connectivity index (χ2n) is 3.86. The third-order valence-electron chi connectivity index (χ3n) is 3.27. The fraction of sp³-hybridized carbons (Fsp3) is 0.455. The van der Waals surface area contributed by atoms with E-state index in [4.69, 9.17) is 4.74 Å². The minimum atomic E-state index is -0.0998. The molecule has 2 aliphatic rings. The van der Waals surface area contributed by atoms with Crippen molar-refractivity contribution in [2.24, 2.45) is 0 Å². The number of ether oxygens (including phenoxy) is 1. The Morgan fingerprint density at radius 2 is 2.15 bits per heavy atom. The normalized spacial score (nSPS) is 30.2. The van der Waals surface area contributed by atoms with Crippen LogP contribution in [0.2, 0.25) is 0 Å². The van der Waals surface area contributed by atoms with E-state index in [2.05, 4.69) is 0 Å². The molecule has 13 heavy (non-hydrogen) atoms. The van der Waals surface area contributed by atoms with E-state index in [9.17, 15) is 4.39 Å². The molecule has 1 aliphatic carbocycles. The van der Waals surface area contributed by atoms with Gasteiger partial charge in [-0.25, -0.2) is 4.39 Å². The summed E-state index contributed by atoms with van der Waals surface area (Å²) in [5, 5.41) is 0. The standard InChI is InChI=1S/C11H11FO/c12-10-3-1-2-9-8(10)4-5-11(9)6-7-13-11/h1-3H,4-7H2. The highest BCUT2D eigenvalue weighted by Gasteiger charge is 2.45. The highest BCUT2D eigenvalue weighted by molar-refractivity contribution is 5.39. The van der Waals surface area contributed by atoms with Gasteiger partial charge < -0.3 is 4.74 Å². The molecule has 1 aromatic carbocycles. The van der Waals surface area contributed by atoms with Gasteiger partial charge in [-0.3, -0.25) is 0 Å². The maximum Gasteiger partial charge on any atom is 0.126 e. The van der Waals surface area contributed by atoms with Crippen LogP contribution in [-0.2, 0) is 16.8 Å². The van der Waals surface area contributed by atoms with Crippen LogP contribution in [0.3, 0.4) is 0 Å². The SMILES string of the molecule is Fc1cccc2c1CCC21CCO1. The van der Waals surface area contributed by atoms with E-state index in [-0.39, 0.29) is 11.4 Å². The summed E-state index contributed by atoms with van der Waals surface area (Å²) in [6.07, 6.45) is 2.86. The van der Waals surface area contributed by atoms with Gasteiger partial charge in [0.2, 0.25) is 0 Å². The first kappa shape index (κ1) is 7.51. The Labute approximate surface area is 76.5 Å². The number of rotatable bonds is 0. The topological polar surface area (TPSA) is 9.23 Å². The van der Waals surface area contributed by atoms with Crippen molar-refractivity contribution >= 4 is 0 Å². The molecule has 1 atom stereocenters. The van der Waals surface area contributed by atoms with Crippen molar-refractivity contribution in [3.8, 4) is 0 Å². The van der Waals surface area contributed by atoms with Crippen LogP contribution < -0.4 is 0 Å². The molecule has 0 radical (unpaired) electrons. The Hall–Kier alpha value is -0.890. The fourth-order valence-electron chi connectivity index (χ4n) is 2.46. The molecule has 1 aliphatic heterocycles. The highest BCUT2D eigenvalue weighted by atomic mass is 19.1. The second kappa shape index (κ2) is 2.32. The minimum Gasteiger partial charge on any atom is -0.370 e. The molecule has 1 nitrogen and oxygen atoms in total. The van der Waals surface area contributed by atoms with Gasteiger partial charge in [0.05, 0.1) is 12.2 Å². The van der Waals surface area contributed by atoms with Gasteiger partial charge in [-0.2, -0.15) is 0 Å². The Bertz CT molecular complexity index is 355. The molecule has 0 amide bonds. The average Bonchev–Trinajstić information content (AvgIpc) is 2.44. The number of benzene rings is 1. The molecule has 1 unspecified atom stereocenters. The molecule has 3 rings (SSSR count). The predicted molar refractivity (Wildman–Crippen MR) is 47.0 cm³/mol. The molecule has 0 saturated carbocycles. The lowest BCUT2D eigenvalue weighted by atomic mass is 9.88. The minimum absolute atomic E-state index is 0.0649. The van der Waals surface area contributed by atoms with Gasteiger partial charge in [0.25, 0.3) is 0 Å². The number of halogens is 1. The lowest BCUT2D eigenvalue weighted by Crippen LogP contribution is -2.38. The second-order valence-corrected chi connectivity index (χ2v) is 3.86. The van der Waals surface area contributed by atoms with Gasteiger partial charge in [0.1, 0.15) is 5.82 Å². The Morgan fingerprint density at radius 1 is 1.31 bits per heavy atom. The molecular formula is C11H11FO. The lowest BCUT2D eigenvalue weighted by Gasteiger charge is -2.39. The Kier molecular flexibility index (Phi) is 1.34. The first-order valence-corrected chi connectivity index (χ1v) is 4.74. The van der Waals surface area contributed by atoms with Gasteiger partial charge in [0, 0.05) is 6.42 Å². The Balaban J connectivity index is 2.16. The van der Waals surface area contributed by atoms with Crippen LogP contribution in [0.25, 0.3) is 0 Å². The van der Waals surface area contributed by atoms with Crippen molar-refractivity contribution < 1.29 is 9.13 Å². The maximum absolute atomic E-state index is 13.3. The van der Waals surface area contributed by atoms with E-state index in [1.54, 1.807) is 6.07 Å². The summed E-state index contributed by atoms with van der Waals surface area (Å²) in [6, 6.07) is 5.32. The van der Waals surface area contributed by atoms with Crippen LogP contribution in [0.5, 0.6) is 0 Å². The van der Waals surface area contributed by atoms with Crippen molar-refractivity contribution in [1.29, 1.82) is 0 Å². The molecule has 0 aromatic heterocycles. The first-order valence-electron chi connectivity index (χ1n) is 4.74. The van der Waals surface area contributed by atoms with Crippen LogP contribution >= 0.6 is 0 Å². The zero-order chi connectivity index (χ0) is 8.89. The van der Waals surface area contributed by atoms with E-state index in [0.29, 0.717) is 0 Å². The van der Waals surface area contributed by atoms with E-state index >= 15 is 0 Å². The molecule has 68 valence electrons. The van der Waals surface area contributed by atoms with Gasteiger partial charge in [-0.05, 0) is 30.0 Å².